The molecule has 92 valence electrons. The van der Waals surface area contributed by atoms with E-state index in [1.165, 1.54) is 31.2 Å². The molecule has 1 fully saturated rings. The van der Waals surface area contributed by atoms with Crippen molar-refractivity contribution in [3.63, 3.8) is 0 Å². The maximum absolute atomic E-state index is 10.8. The van der Waals surface area contributed by atoms with Gasteiger partial charge in [0, 0.05) is 6.42 Å². The monoisotopic (exact) mass is 232 g/mol. The third-order valence-electron chi connectivity index (χ3n) is 3.85. The van der Waals surface area contributed by atoms with E-state index >= 15 is 0 Å². The summed E-state index contributed by atoms with van der Waals surface area (Å²) in [6, 6.07) is 8.22. The lowest BCUT2D eigenvalue weighted by Gasteiger charge is -2.31. The molecular weight excluding hydrogens is 212 g/mol. The van der Waals surface area contributed by atoms with Gasteiger partial charge in [0.25, 0.3) is 0 Å². The molecule has 0 radical (unpaired) electrons. The highest BCUT2D eigenvalue weighted by Crippen LogP contribution is 2.42. The molecule has 2 nitrogen and oxygen atoms in total. The molecule has 0 aliphatic heterocycles. The highest BCUT2D eigenvalue weighted by molar-refractivity contribution is 5.50. The summed E-state index contributed by atoms with van der Waals surface area (Å²) in [5.74, 6) is 1.96. The normalized spacial score (nSPS) is 24.3. The average Bonchev–Trinajstić information content (AvgIpc) is 2.40. The highest BCUT2D eigenvalue weighted by atomic mass is 16.5. The zero-order valence-corrected chi connectivity index (χ0v) is 10.4. The Bertz CT molecular complexity index is 373. The molecule has 2 heteroatoms. The average molecular weight is 232 g/mol. The highest BCUT2D eigenvalue weighted by Gasteiger charge is 2.27. The maximum Gasteiger partial charge on any atom is 0.122 e. The van der Waals surface area contributed by atoms with E-state index < -0.39 is 0 Å². The molecule has 0 N–H and O–H groups in total. The molecule has 0 aromatic heterocycles. The number of aldehydes is 1. The first-order chi connectivity index (χ1) is 8.36. The van der Waals surface area contributed by atoms with Crippen molar-refractivity contribution >= 4 is 6.29 Å². The van der Waals surface area contributed by atoms with E-state index in [1.807, 2.05) is 12.1 Å². The van der Waals surface area contributed by atoms with Crippen LogP contribution in [0.3, 0.4) is 0 Å². The van der Waals surface area contributed by atoms with Crippen LogP contribution in [0, 0.1) is 5.92 Å². The van der Waals surface area contributed by atoms with E-state index in [4.69, 9.17) is 4.74 Å². The molecule has 2 atom stereocenters. The first-order valence-corrected chi connectivity index (χ1v) is 6.43. The summed E-state index contributed by atoms with van der Waals surface area (Å²) in [7, 11) is 1.72. The predicted octanol–water partition coefficient (Wildman–Crippen LogP) is 3.56. The van der Waals surface area contributed by atoms with Crippen LogP contribution in [0.2, 0.25) is 0 Å². The Morgan fingerprint density at radius 1 is 1.29 bits per heavy atom. The van der Waals surface area contributed by atoms with Crippen molar-refractivity contribution < 1.29 is 9.53 Å². The topological polar surface area (TPSA) is 26.3 Å². The summed E-state index contributed by atoms with van der Waals surface area (Å²) >= 11 is 0. The van der Waals surface area contributed by atoms with Crippen LogP contribution in [0.4, 0.5) is 0 Å². The number of hydrogen-bond acceptors (Lipinski definition) is 2. The third-order valence-corrected chi connectivity index (χ3v) is 3.85. The molecule has 2 rings (SSSR count). The van der Waals surface area contributed by atoms with Gasteiger partial charge in [-0.25, -0.2) is 0 Å². The molecule has 0 amide bonds. The van der Waals surface area contributed by atoms with Crippen LogP contribution >= 0.6 is 0 Å². The van der Waals surface area contributed by atoms with Gasteiger partial charge in [-0.3, -0.25) is 0 Å². The fraction of sp³-hybridized carbons (Fsp3) is 0.533. The summed E-state index contributed by atoms with van der Waals surface area (Å²) < 4.78 is 5.44. The molecule has 1 saturated carbocycles. The molecule has 1 aliphatic rings. The summed E-state index contributed by atoms with van der Waals surface area (Å²) in [5.41, 5.74) is 1.28. The van der Waals surface area contributed by atoms with Gasteiger partial charge in [-0.05, 0) is 36.3 Å². The summed E-state index contributed by atoms with van der Waals surface area (Å²) in [5, 5.41) is 0. The lowest BCUT2D eigenvalue weighted by molar-refractivity contribution is -0.109. The Hall–Kier alpha value is -1.31. The number of carbonyl (C=O) groups excluding carboxylic acids is 1. The number of rotatable bonds is 4. The number of para-hydroxylation sites is 1. The second kappa shape index (κ2) is 5.85. The molecule has 0 unspecified atom stereocenters. The van der Waals surface area contributed by atoms with Crippen molar-refractivity contribution in [2.75, 3.05) is 7.11 Å². The maximum atomic E-state index is 10.8. The van der Waals surface area contributed by atoms with Gasteiger partial charge in [0.15, 0.2) is 0 Å². The second-order valence-electron chi connectivity index (χ2n) is 4.80. The van der Waals surface area contributed by atoms with Gasteiger partial charge in [-0.15, -0.1) is 0 Å². The van der Waals surface area contributed by atoms with Crippen LogP contribution in [0.1, 0.15) is 43.6 Å². The van der Waals surface area contributed by atoms with Crippen molar-refractivity contribution in [1.82, 2.24) is 0 Å². The van der Waals surface area contributed by atoms with Gasteiger partial charge in [0.1, 0.15) is 12.0 Å². The first-order valence-electron chi connectivity index (χ1n) is 6.43. The fourth-order valence-electron chi connectivity index (χ4n) is 3.00. The SMILES string of the molecule is COc1ccccc1[C@@H]1CCCC[C@@H]1CC=O. The molecular formula is C15H20O2. The van der Waals surface area contributed by atoms with E-state index in [0.29, 0.717) is 18.3 Å². The van der Waals surface area contributed by atoms with Crippen molar-refractivity contribution in [1.29, 1.82) is 0 Å². The molecule has 1 aromatic rings. The van der Waals surface area contributed by atoms with Crippen molar-refractivity contribution in [3.05, 3.63) is 29.8 Å². The molecule has 0 saturated heterocycles. The predicted molar refractivity (Wildman–Crippen MR) is 68.4 cm³/mol. The smallest absolute Gasteiger partial charge is 0.122 e. The van der Waals surface area contributed by atoms with Gasteiger partial charge in [0.05, 0.1) is 7.11 Å². The Labute approximate surface area is 103 Å². The van der Waals surface area contributed by atoms with Crippen LogP contribution in [0.15, 0.2) is 24.3 Å². The molecule has 0 spiro atoms. The van der Waals surface area contributed by atoms with Gasteiger partial charge in [0.2, 0.25) is 0 Å². The largest absolute Gasteiger partial charge is 0.496 e. The zero-order valence-electron chi connectivity index (χ0n) is 10.4. The van der Waals surface area contributed by atoms with Gasteiger partial charge in [-0.2, -0.15) is 0 Å². The molecule has 1 aliphatic carbocycles. The Balaban J connectivity index is 2.25. The number of hydrogen-bond donors (Lipinski definition) is 0. The van der Waals surface area contributed by atoms with Gasteiger partial charge in [-0.1, -0.05) is 31.0 Å². The minimum absolute atomic E-state index is 0.491. The Kier molecular flexibility index (Phi) is 4.18. The van der Waals surface area contributed by atoms with Crippen LogP contribution in [0.25, 0.3) is 0 Å². The molecule has 0 bridgehead atoms. The van der Waals surface area contributed by atoms with Crippen LogP contribution in [0.5, 0.6) is 5.75 Å². The Morgan fingerprint density at radius 3 is 2.82 bits per heavy atom. The van der Waals surface area contributed by atoms with Crippen LogP contribution < -0.4 is 4.74 Å². The van der Waals surface area contributed by atoms with E-state index in [0.717, 1.165) is 12.0 Å². The molecule has 0 heterocycles. The quantitative estimate of drug-likeness (QED) is 0.742. The number of benzene rings is 1. The summed E-state index contributed by atoms with van der Waals surface area (Å²) in [6.45, 7) is 0. The fourth-order valence-corrected chi connectivity index (χ4v) is 3.00. The minimum Gasteiger partial charge on any atom is -0.496 e. The van der Waals surface area contributed by atoms with E-state index in [-0.39, 0.29) is 0 Å². The van der Waals surface area contributed by atoms with Gasteiger partial charge >= 0.3 is 0 Å². The Morgan fingerprint density at radius 2 is 2.06 bits per heavy atom. The van der Waals surface area contributed by atoms with Crippen LogP contribution in [-0.2, 0) is 4.79 Å². The van der Waals surface area contributed by atoms with Gasteiger partial charge < -0.3 is 9.53 Å². The van der Waals surface area contributed by atoms with E-state index in [1.54, 1.807) is 7.11 Å². The first kappa shape index (κ1) is 12.2. The van der Waals surface area contributed by atoms with E-state index in [9.17, 15) is 4.79 Å². The lowest BCUT2D eigenvalue weighted by atomic mass is 9.74. The lowest BCUT2D eigenvalue weighted by Crippen LogP contribution is -2.18. The minimum atomic E-state index is 0.491. The van der Waals surface area contributed by atoms with Crippen molar-refractivity contribution in [2.24, 2.45) is 5.92 Å². The van der Waals surface area contributed by atoms with E-state index in [2.05, 4.69) is 12.1 Å². The second-order valence-corrected chi connectivity index (χ2v) is 4.80. The number of ether oxygens (including phenoxy) is 1. The zero-order chi connectivity index (χ0) is 12.1. The summed E-state index contributed by atoms with van der Waals surface area (Å²) in [6.07, 6.45) is 6.61. The number of carbonyl (C=O) groups is 1. The summed E-state index contributed by atoms with van der Waals surface area (Å²) in [4.78, 5) is 10.8. The number of methoxy groups -OCH3 is 1. The standard InChI is InChI=1S/C15H20O2/c1-17-15-9-5-4-8-14(15)13-7-3-2-6-12(13)10-11-16/h4-5,8-9,11-13H,2-3,6-7,10H2,1H3/t12-,13-/m1/s1. The van der Waals surface area contributed by atoms with Crippen molar-refractivity contribution in [3.8, 4) is 5.75 Å². The molecule has 17 heavy (non-hydrogen) atoms. The van der Waals surface area contributed by atoms with Crippen LogP contribution in [-0.4, -0.2) is 13.4 Å². The van der Waals surface area contributed by atoms with Crippen molar-refractivity contribution in [2.45, 2.75) is 38.0 Å². The third kappa shape index (κ3) is 2.68. The molecule has 1 aromatic carbocycles.